The van der Waals surface area contributed by atoms with Gasteiger partial charge >= 0.3 is 0 Å². The van der Waals surface area contributed by atoms with Gasteiger partial charge in [0.25, 0.3) is 5.91 Å². The third-order valence-corrected chi connectivity index (χ3v) is 5.57. The third-order valence-electron chi connectivity index (χ3n) is 4.44. The molecule has 0 aromatic heterocycles. The van der Waals surface area contributed by atoms with Gasteiger partial charge in [-0.25, -0.2) is 8.42 Å². The molecule has 0 saturated heterocycles. The Hall–Kier alpha value is -2.34. The summed E-state index contributed by atoms with van der Waals surface area (Å²) in [4.78, 5) is 12.8. The van der Waals surface area contributed by atoms with Crippen molar-refractivity contribution in [3.63, 3.8) is 0 Å². The molecule has 27 heavy (non-hydrogen) atoms. The number of benzene rings is 2. The SMILES string of the molecule is CCC(NC(=O)C(C)Oc1ccc(C)cc1C)c1ccc(S(C)(=O)=O)cc1. The molecule has 2 rings (SSSR count). The first-order valence-corrected chi connectivity index (χ1v) is 10.8. The summed E-state index contributed by atoms with van der Waals surface area (Å²) in [5.74, 6) is 0.475. The van der Waals surface area contributed by atoms with Crippen molar-refractivity contribution in [3.8, 4) is 5.75 Å². The fraction of sp³-hybridized carbons (Fsp3) is 0.381. The maximum Gasteiger partial charge on any atom is 0.261 e. The van der Waals surface area contributed by atoms with Crippen LogP contribution in [0, 0.1) is 13.8 Å². The topological polar surface area (TPSA) is 72.5 Å². The predicted molar refractivity (Wildman–Crippen MR) is 107 cm³/mol. The minimum absolute atomic E-state index is 0.212. The predicted octanol–water partition coefficient (Wildman–Crippen LogP) is 3.74. The van der Waals surface area contributed by atoms with Crippen LogP contribution < -0.4 is 10.1 Å². The van der Waals surface area contributed by atoms with Crippen molar-refractivity contribution in [1.29, 1.82) is 0 Å². The first-order valence-electron chi connectivity index (χ1n) is 8.96. The first kappa shape index (κ1) is 21.0. The van der Waals surface area contributed by atoms with Crippen LogP contribution in [0.15, 0.2) is 47.4 Å². The maximum atomic E-state index is 12.6. The number of hydrogen-bond acceptors (Lipinski definition) is 4. The third kappa shape index (κ3) is 5.57. The van der Waals surface area contributed by atoms with Crippen LogP contribution in [0.2, 0.25) is 0 Å². The average molecular weight is 390 g/mol. The van der Waals surface area contributed by atoms with E-state index in [4.69, 9.17) is 4.74 Å². The summed E-state index contributed by atoms with van der Waals surface area (Å²) in [5, 5.41) is 2.98. The highest BCUT2D eigenvalue weighted by molar-refractivity contribution is 7.90. The fourth-order valence-electron chi connectivity index (χ4n) is 2.83. The molecule has 0 aliphatic heterocycles. The fourth-order valence-corrected chi connectivity index (χ4v) is 3.46. The molecular weight excluding hydrogens is 362 g/mol. The molecule has 2 unspecified atom stereocenters. The van der Waals surface area contributed by atoms with Gasteiger partial charge in [-0.05, 0) is 56.5 Å². The smallest absolute Gasteiger partial charge is 0.261 e. The average Bonchev–Trinajstić information content (AvgIpc) is 2.61. The number of ether oxygens (including phenoxy) is 1. The molecular formula is C21H27NO4S. The Balaban J connectivity index is 2.07. The summed E-state index contributed by atoms with van der Waals surface area (Å²) in [5.41, 5.74) is 2.98. The highest BCUT2D eigenvalue weighted by Gasteiger charge is 2.20. The van der Waals surface area contributed by atoms with E-state index < -0.39 is 15.9 Å². The van der Waals surface area contributed by atoms with E-state index in [-0.39, 0.29) is 16.8 Å². The lowest BCUT2D eigenvalue weighted by Crippen LogP contribution is -2.38. The quantitative estimate of drug-likeness (QED) is 0.783. The molecule has 0 fully saturated rings. The Morgan fingerprint density at radius 2 is 1.74 bits per heavy atom. The number of carbonyl (C=O) groups excluding carboxylic acids is 1. The minimum Gasteiger partial charge on any atom is -0.481 e. The number of carbonyl (C=O) groups is 1. The molecule has 0 aliphatic rings. The largest absolute Gasteiger partial charge is 0.481 e. The van der Waals surface area contributed by atoms with Crippen LogP contribution in [-0.2, 0) is 14.6 Å². The Bertz CT molecular complexity index is 904. The van der Waals surface area contributed by atoms with Crippen molar-refractivity contribution < 1.29 is 17.9 Å². The summed E-state index contributed by atoms with van der Waals surface area (Å²) < 4.78 is 29.0. The van der Waals surface area contributed by atoms with Gasteiger partial charge in [0.05, 0.1) is 10.9 Å². The van der Waals surface area contributed by atoms with Gasteiger partial charge in [0.15, 0.2) is 15.9 Å². The van der Waals surface area contributed by atoms with Crippen LogP contribution in [0.5, 0.6) is 5.75 Å². The van der Waals surface area contributed by atoms with Gasteiger partial charge in [-0.3, -0.25) is 4.79 Å². The summed E-state index contributed by atoms with van der Waals surface area (Å²) in [6.45, 7) is 7.64. The Kier molecular flexibility index (Phi) is 6.65. The lowest BCUT2D eigenvalue weighted by atomic mass is 10.0. The Labute approximate surface area is 161 Å². The zero-order chi connectivity index (χ0) is 20.2. The van der Waals surface area contributed by atoms with E-state index >= 15 is 0 Å². The van der Waals surface area contributed by atoms with E-state index in [2.05, 4.69) is 5.32 Å². The van der Waals surface area contributed by atoms with Gasteiger partial charge in [-0.1, -0.05) is 36.8 Å². The van der Waals surface area contributed by atoms with Crippen LogP contribution in [0.25, 0.3) is 0 Å². The summed E-state index contributed by atoms with van der Waals surface area (Å²) in [6.07, 6.45) is 1.21. The van der Waals surface area contributed by atoms with Gasteiger partial charge in [0.2, 0.25) is 0 Å². The maximum absolute atomic E-state index is 12.6. The van der Waals surface area contributed by atoms with E-state index in [0.29, 0.717) is 12.2 Å². The monoisotopic (exact) mass is 389 g/mol. The van der Waals surface area contributed by atoms with Gasteiger partial charge < -0.3 is 10.1 Å². The standard InChI is InChI=1S/C21H27NO4S/c1-6-19(17-8-10-18(11-9-17)27(5,24)25)22-21(23)16(4)26-20-12-7-14(2)13-15(20)3/h7-13,16,19H,6H2,1-5H3,(H,22,23). The number of nitrogens with one attached hydrogen (secondary N) is 1. The molecule has 0 aliphatic carbocycles. The Morgan fingerprint density at radius 1 is 1.11 bits per heavy atom. The number of amides is 1. The van der Waals surface area contributed by atoms with Gasteiger partial charge in [0, 0.05) is 6.26 Å². The lowest BCUT2D eigenvalue weighted by molar-refractivity contribution is -0.128. The number of sulfone groups is 1. The van der Waals surface area contributed by atoms with Crippen molar-refractivity contribution in [1.82, 2.24) is 5.32 Å². The van der Waals surface area contributed by atoms with Gasteiger partial charge in [-0.15, -0.1) is 0 Å². The van der Waals surface area contributed by atoms with Gasteiger partial charge in [0.1, 0.15) is 5.75 Å². The highest BCUT2D eigenvalue weighted by Crippen LogP contribution is 2.22. The Morgan fingerprint density at radius 3 is 2.26 bits per heavy atom. The molecule has 146 valence electrons. The molecule has 0 radical (unpaired) electrons. The van der Waals surface area contributed by atoms with Crippen molar-refractivity contribution in [2.45, 2.75) is 51.2 Å². The first-order chi connectivity index (χ1) is 12.6. The van der Waals surface area contributed by atoms with Crippen LogP contribution in [0.4, 0.5) is 0 Å². The molecule has 0 heterocycles. The van der Waals surface area contributed by atoms with E-state index in [1.54, 1.807) is 31.2 Å². The molecule has 5 nitrogen and oxygen atoms in total. The molecule has 2 aromatic carbocycles. The van der Waals surface area contributed by atoms with E-state index in [9.17, 15) is 13.2 Å². The van der Waals surface area contributed by atoms with E-state index in [1.807, 2.05) is 39.0 Å². The second-order valence-electron chi connectivity index (χ2n) is 6.84. The molecule has 0 spiro atoms. The zero-order valence-corrected chi connectivity index (χ0v) is 17.3. The highest BCUT2D eigenvalue weighted by atomic mass is 32.2. The van der Waals surface area contributed by atoms with Crippen molar-refractivity contribution in [2.24, 2.45) is 0 Å². The van der Waals surface area contributed by atoms with Crippen molar-refractivity contribution in [3.05, 3.63) is 59.2 Å². The second-order valence-corrected chi connectivity index (χ2v) is 8.86. The number of hydrogen-bond donors (Lipinski definition) is 1. The molecule has 2 atom stereocenters. The number of aryl methyl sites for hydroxylation is 2. The van der Waals surface area contributed by atoms with E-state index in [0.717, 1.165) is 16.7 Å². The lowest BCUT2D eigenvalue weighted by Gasteiger charge is -2.22. The van der Waals surface area contributed by atoms with Crippen LogP contribution in [-0.4, -0.2) is 26.7 Å². The molecule has 0 bridgehead atoms. The van der Waals surface area contributed by atoms with Crippen LogP contribution in [0.3, 0.4) is 0 Å². The normalized spacial score (nSPS) is 13.7. The number of rotatable bonds is 7. The summed E-state index contributed by atoms with van der Waals surface area (Å²) in [7, 11) is -3.24. The summed E-state index contributed by atoms with van der Waals surface area (Å²) >= 11 is 0. The molecule has 1 amide bonds. The van der Waals surface area contributed by atoms with Crippen LogP contribution in [0.1, 0.15) is 43.0 Å². The summed E-state index contributed by atoms with van der Waals surface area (Å²) in [6, 6.07) is 12.2. The van der Waals surface area contributed by atoms with E-state index in [1.165, 1.54) is 6.26 Å². The molecule has 2 aromatic rings. The molecule has 0 saturated carbocycles. The zero-order valence-electron chi connectivity index (χ0n) is 16.4. The molecule has 6 heteroatoms. The van der Waals surface area contributed by atoms with Crippen molar-refractivity contribution in [2.75, 3.05) is 6.26 Å². The molecule has 1 N–H and O–H groups in total. The second kappa shape index (κ2) is 8.57. The van der Waals surface area contributed by atoms with Crippen molar-refractivity contribution >= 4 is 15.7 Å². The van der Waals surface area contributed by atoms with Crippen LogP contribution >= 0.6 is 0 Å². The minimum atomic E-state index is -3.24. The van der Waals surface area contributed by atoms with Gasteiger partial charge in [-0.2, -0.15) is 0 Å².